The second-order valence-corrected chi connectivity index (χ2v) is 2.36. The number of rotatable bonds is 1. The summed E-state index contributed by atoms with van der Waals surface area (Å²) in [4.78, 5) is 0. The summed E-state index contributed by atoms with van der Waals surface area (Å²) in [5.41, 5.74) is -0.459. The first-order valence-electron chi connectivity index (χ1n) is 5.31. The van der Waals surface area contributed by atoms with E-state index in [1.165, 1.54) is 12.1 Å². The first-order chi connectivity index (χ1) is 7.54. The molecule has 0 radical (unpaired) electrons. The Bertz CT molecular complexity index is 269. The third-order valence-electron chi connectivity index (χ3n) is 1.44. The highest BCUT2D eigenvalue weighted by Gasteiger charge is 2.30. The lowest BCUT2D eigenvalue weighted by Gasteiger charge is -2.06. The van der Waals surface area contributed by atoms with Gasteiger partial charge in [-0.1, -0.05) is 39.8 Å². The van der Waals surface area contributed by atoms with Gasteiger partial charge in [0.1, 0.15) is 0 Å². The van der Waals surface area contributed by atoms with Gasteiger partial charge in [0.15, 0.2) is 0 Å². The Morgan fingerprint density at radius 3 is 1.94 bits per heavy atom. The molecule has 1 N–H and O–H groups in total. The molecule has 0 unspecified atom stereocenters. The Morgan fingerprint density at radius 1 is 1.06 bits per heavy atom. The van der Waals surface area contributed by atoms with Crippen molar-refractivity contribution in [2.24, 2.45) is 0 Å². The van der Waals surface area contributed by atoms with Gasteiger partial charge in [0.2, 0.25) is 0 Å². The number of benzene rings is 1. The second-order valence-electron chi connectivity index (χ2n) is 2.36. The molecule has 4 heteroatoms. The highest BCUT2D eigenvalue weighted by atomic mass is 19.4. The Kier molecular flexibility index (Phi) is 10.0. The van der Waals surface area contributed by atoms with E-state index in [1.807, 2.05) is 27.7 Å². The number of hydrogen-bond acceptors (Lipinski definition) is 1. The second kappa shape index (κ2) is 9.21. The molecule has 0 saturated carbocycles. The van der Waals surface area contributed by atoms with Gasteiger partial charge in [-0.2, -0.15) is 13.2 Å². The quantitative estimate of drug-likeness (QED) is 0.772. The topological polar surface area (TPSA) is 20.2 Å². The average molecular weight is 236 g/mol. The molecule has 0 aliphatic heterocycles. The summed E-state index contributed by atoms with van der Waals surface area (Å²) < 4.78 is 36.1. The molecule has 0 spiro atoms. The molecule has 0 fully saturated rings. The predicted molar refractivity (Wildman–Crippen MR) is 60.1 cm³/mol. The number of alkyl halides is 3. The van der Waals surface area contributed by atoms with Crippen molar-refractivity contribution in [2.75, 3.05) is 0 Å². The molecule has 1 nitrogen and oxygen atoms in total. The lowest BCUT2D eigenvalue weighted by molar-refractivity contribution is -0.137. The zero-order valence-electron chi connectivity index (χ0n) is 10.1. The summed E-state index contributed by atoms with van der Waals surface area (Å²) in [6.07, 6.45) is -4.33. The SMILES string of the molecule is CC.CC.OCc1cccc(C(F)(F)F)c1. The normalized spacial score (nSPS) is 9.50. The summed E-state index contributed by atoms with van der Waals surface area (Å²) in [6.45, 7) is 7.63. The van der Waals surface area contributed by atoms with Gasteiger partial charge in [-0.05, 0) is 17.7 Å². The van der Waals surface area contributed by atoms with Crippen molar-refractivity contribution < 1.29 is 18.3 Å². The van der Waals surface area contributed by atoms with Crippen LogP contribution in [0.2, 0.25) is 0 Å². The van der Waals surface area contributed by atoms with Crippen molar-refractivity contribution in [3.05, 3.63) is 35.4 Å². The van der Waals surface area contributed by atoms with E-state index in [1.54, 1.807) is 0 Å². The van der Waals surface area contributed by atoms with Crippen molar-refractivity contribution >= 4 is 0 Å². The highest BCUT2D eigenvalue weighted by molar-refractivity contribution is 5.24. The van der Waals surface area contributed by atoms with Crippen LogP contribution in [-0.4, -0.2) is 5.11 Å². The van der Waals surface area contributed by atoms with Crippen LogP contribution < -0.4 is 0 Å². The third-order valence-corrected chi connectivity index (χ3v) is 1.44. The third kappa shape index (κ3) is 6.45. The molecule has 0 aliphatic carbocycles. The monoisotopic (exact) mass is 236 g/mol. The van der Waals surface area contributed by atoms with Crippen molar-refractivity contribution in [3.63, 3.8) is 0 Å². The van der Waals surface area contributed by atoms with Gasteiger partial charge in [0.05, 0.1) is 12.2 Å². The van der Waals surface area contributed by atoms with E-state index in [0.29, 0.717) is 0 Å². The fourth-order valence-electron chi connectivity index (χ4n) is 0.846. The van der Waals surface area contributed by atoms with E-state index < -0.39 is 11.7 Å². The minimum atomic E-state index is -4.33. The van der Waals surface area contributed by atoms with Crippen LogP contribution in [0.15, 0.2) is 24.3 Å². The summed E-state index contributed by atoms with van der Waals surface area (Å²) in [5, 5.41) is 8.56. The van der Waals surface area contributed by atoms with E-state index in [-0.39, 0.29) is 12.2 Å². The Labute approximate surface area is 94.9 Å². The lowest BCUT2D eigenvalue weighted by Crippen LogP contribution is -2.05. The van der Waals surface area contributed by atoms with Crippen LogP contribution in [0.3, 0.4) is 0 Å². The van der Waals surface area contributed by atoms with Gasteiger partial charge in [0.25, 0.3) is 0 Å². The minimum absolute atomic E-state index is 0.268. The molecule has 0 amide bonds. The molecule has 0 aromatic heterocycles. The van der Waals surface area contributed by atoms with Crippen LogP contribution in [0, 0.1) is 0 Å². The van der Waals surface area contributed by atoms with Crippen molar-refractivity contribution in [1.82, 2.24) is 0 Å². The molecule has 1 rings (SSSR count). The summed E-state index contributed by atoms with van der Waals surface area (Å²) in [5.74, 6) is 0. The van der Waals surface area contributed by atoms with Gasteiger partial charge in [-0.15, -0.1) is 0 Å². The molecule has 94 valence electrons. The molecule has 1 aromatic rings. The molecule has 1 aromatic carbocycles. The molecule has 16 heavy (non-hydrogen) atoms. The Morgan fingerprint density at radius 2 is 1.56 bits per heavy atom. The molecule has 0 saturated heterocycles. The smallest absolute Gasteiger partial charge is 0.392 e. The average Bonchev–Trinajstić information content (AvgIpc) is 2.33. The van der Waals surface area contributed by atoms with Crippen LogP contribution in [0.25, 0.3) is 0 Å². The lowest BCUT2D eigenvalue weighted by atomic mass is 10.1. The van der Waals surface area contributed by atoms with Gasteiger partial charge in [-0.3, -0.25) is 0 Å². The molecule has 0 heterocycles. The number of halogens is 3. The fraction of sp³-hybridized carbons (Fsp3) is 0.500. The van der Waals surface area contributed by atoms with Crippen molar-refractivity contribution in [1.29, 1.82) is 0 Å². The summed E-state index contributed by atoms with van der Waals surface area (Å²) >= 11 is 0. The Balaban J connectivity index is 0. The fourth-order valence-corrected chi connectivity index (χ4v) is 0.846. The predicted octanol–water partition coefficient (Wildman–Crippen LogP) is 4.25. The van der Waals surface area contributed by atoms with E-state index in [0.717, 1.165) is 12.1 Å². The molecular weight excluding hydrogens is 217 g/mol. The van der Waals surface area contributed by atoms with Crippen molar-refractivity contribution in [2.45, 2.75) is 40.5 Å². The van der Waals surface area contributed by atoms with Crippen LogP contribution in [0.5, 0.6) is 0 Å². The highest BCUT2D eigenvalue weighted by Crippen LogP contribution is 2.29. The van der Waals surface area contributed by atoms with E-state index in [2.05, 4.69) is 0 Å². The number of aliphatic hydroxyl groups excluding tert-OH is 1. The van der Waals surface area contributed by atoms with Gasteiger partial charge >= 0.3 is 6.18 Å². The van der Waals surface area contributed by atoms with Crippen LogP contribution in [-0.2, 0) is 12.8 Å². The maximum atomic E-state index is 12.0. The molecule has 0 bridgehead atoms. The zero-order chi connectivity index (χ0) is 13.2. The van der Waals surface area contributed by atoms with Crippen LogP contribution in [0.1, 0.15) is 38.8 Å². The van der Waals surface area contributed by atoms with E-state index in [4.69, 9.17) is 5.11 Å². The largest absolute Gasteiger partial charge is 0.416 e. The van der Waals surface area contributed by atoms with E-state index in [9.17, 15) is 13.2 Å². The van der Waals surface area contributed by atoms with Gasteiger partial charge in [-0.25, -0.2) is 0 Å². The first-order valence-corrected chi connectivity index (χ1v) is 5.31. The molecule has 0 aliphatic rings. The summed E-state index contributed by atoms with van der Waals surface area (Å²) in [7, 11) is 0. The molecule has 0 atom stereocenters. The standard InChI is InChI=1S/C8H7F3O.2C2H6/c9-8(10,11)7-3-1-2-6(4-7)5-12;2*1-2/h1-4,12H,5H2;2*1-2H3. The van der Waals surface area contributed by atoms with Gasteiger partial charge in [0, 0.05) is 0 Å². The Hall–Kier alpha value is -1.03. The van der Waals surface area contributed by atoms with Crippen molar-refractivity contribution in [3.8, 4) is 0 Å². The minimum Gasteiger partial charge on any atom is -0.392 e. The maximum Gasteiger partial charge on any atom is 0.416 e. The number of hydrogen-bond donors (Lipinski definition) is 1. The maximum absolute atomic E-state index is 12.0. The summed E-state index contributed by atoms with van der Waals surface area (Å²) in [6, 6.07) is 4.61. The first kappa shape index (κ1) is 17.4. The van der Waals surface area contributed by atoms with Crippen LogP contribution in [0.4, 0.5) is 13.2 Å². The van der Waals surface area contributed by atoms with Crippen LogP contribution >= 0.6 is 0 Å². The molecular formula is C12H19F3O. The van der Waals surface area contributed by atoms with Gasteiger partial charge < -0.3 is 5.11 Å². The number of aliphatic hydroxyl groups is 1. The zero-order valence-corrected chi connectivity index (χ0v) is 10.1. The van der Waals surface area contributed by atoms with E-state index >= 15 is 0 Å².